The van der Waals surface area contributed by atoms with E-state index in [2.05, 4.69) is 52.2 Å². The quantitative estimate of drug-likeness (QED) is 0.315. The first-order valence-corrected chi connectivity index (χ1v) is 15.7. The largest absolute Gasteiger partial charge is 0.348 e. The van der Waals surface area contributed by atoms with E-state index in [1.165, 1.54) is 6.42 Å². The van der Waals surface area contributed by atoms with Crippen molar-refractivity contribution in [2.75, 3.05) is 0 Å². The molecule has 0 spiro atoms. The smallest absolute Gasteiger partial charge is 0.242 e. The molecule has 5 heteroatoms. The molecule has 39 heavy (non-hydrogen) atoms. The number of hydrogen-bond donors (Lipinski definition) is 2. The maximum atomic E-state index is 13.5. The molecule has 2 aliphatic rings. The minimum absolute atomic E-state index is 0.000449. The van der Waals surface area contributed by atoms with Crippen LogP contribution in [0.15, 0.2) is 30.3 Å². The average Bonchev–Trinajstić information content (AvgIpc) is 2.90. The lowest BCUT2D eigenvalue weighted by molar-refractivity contribution is -0.134. The average molecular weight is 539 g/mol. The van der Waals surface area contributed by atoms with Gasteiger partial charge in [-0.2, -0.15) is 0 Å². The van der Waals surface area contributed by atoms with Gasteiger partial charge in [0.15, 0.2) is 0 Å². The summed E-state index contributed by atoms with van der Waals surface area (Å²) in [6, 6.07) is 9.02. The summed E-state index contributed by atoms with van der Waals surface area (Å²) in [5.74, 6) is 3.09. The summed E-state index contributed by atoms with van der Waals surface area (Å²) in [7, 11) is 0. The number of benzene rings is 1. The molecule has 2 saturated carbocycles. The SMILES string of the molecule is CC(C)[C@@H]1CC[C@@H](C)CC1C(=O)N[C@H](C)C(=O)N[C@H](CCC(=O)[C@@H]1C[C@H](C)CC[C@H]1C(C)C)c1ccccc1. The Balaban J connectivity index is 1.65. The second-order valence-electron chi connectivity index (χ2n) is 13.6. The highest BCUT2D eigenvalue weighted by Crippen LogP contribution is 2.40. The van der Waals surface area contributed by atoms with Crippen molar-refractivity contribution in [2.24, 2.45) is 47.3 Å². The first-order chi connectivity index (χ1) is 18.5. The van der Waals surface area contributed by atoms with Crippen LogP contribution in [-0.4, -0.2) is 23.6 Å². The number of carbonyl (C=O) groups excluding carboxylic acids is 3. The van der Waals surface area contributed by atoms with Gasteiger partial charge in [-0.1, -0.05) is 84.7 Å². The van der Waals surface area contributed by atoms with E-state index in [9.17, 15) is 14.4 Å². The van der Waals surface area contributed by atoms with E-state index >= 15 is 0 Å². The molecule has 1 unspecified atom stereocenters. The molecule has 218 valence electrons. The highest BCUT2D eigenvalue weighted by Gasteiger charge is 2.37. The normalized spacial score (nSPS) is 29.1. The molecule has 8 atom stereocenters. The first-order valence-electron chi connectivity index (χ1n) is 15.7. The van der Waals surface area contributed by atoms with Gasteiger partial charge in [0.1, 0.15) is 11.8 Å². The fourth-order valence-corrected chi connectivity index (χ4v) is 7.24. The van der Waals surface area contributed by atoms with Gasteiger partial charge in [-0.25, -0.2) is 0 Å². The lowest BCUT2D eigenvalue weighted by Crippen LogP contribution is -2.49. The Morgan fingerprint density at radius 2 is 1.31 bits per heavy atom. The standard InChI is InChI=1S/C34H54N2O3/c1-21(2)27-15-13-23(5)19-29(27)32(37)18-17-31(26-11-9-8-10-12-26)36-33(38)25(7)35-34(39)30-20-24(6)14-16-28(30)22(3)4/h8-12,21-25,27-31H,13-20H2,1-7H3,(H,35,39)(H,36,38)/t23-,24-,25-,27+,28+,29-,30?,31-/m1/s1. The van der Waals surface area contributed by atoms with Crippen LogP contribution < -0.4 is 10.6 Å². The number of rotatable bonds is 11. The predicted octanol–water partition coefficient (Wildman–Crippen LogP) is 7.11. The molecule has 3 rings (SSSR count). The van der Waals surface area contributed by atoms with E-state index in [1.807, 2.05) is 30.3 Å². The molecule has 0 aliphatic heterocycles. The second kappa shape index (κ2) is 14.5. The van der Waals surface area contributed by atoms with E-state index in [4.69, 9.17) is 0 Å². The van der Waals surface area contributed by atoms with Crippen LogP contribution in [0, 0.1) is 47.3 Å². The summed E-state index contributed by atoms with van der Waals surface area (Å²) in [6.07, 6.45) is 7.45. The molecule has 0 heterocycles. The Labute approximate surface area is 237 Å². The number of Topliss-reactive ketones (excluding diaryl/α,β-unsaturated/α-hetero) is 1. The third kappa shape index (κ3) is 8.66. The van der Waals surface area contributed by atoms with E-state index in [1.54, 1.807) is 6.92 Å². The second-order valence-corrected chi connectivity index (χ2v) is 13.6. The van der Waals surface area contributed by atoms with Gasteiger partial charge in [0.25, 0.3) is 0 Å². The summed E-state index contributed by atoms with van der Waals surface area (Å²) in [6.45, 7) is 15.1. The van der Waals surface area contributed by atoms with Crippen LogP contribution in [0.25, 0.3) is 0 Å². The van der Waals surface area contributed by atoms with Crippen LogP contribution in [0.5, 0.6) is 0 Å². The molecule has 5 nitrogen and oxygen atoms in total. The summed E-state index contributed by atoms with van der Waals surface area (Å²) < 4.78 is 0. The van der Waals surface area contributed by atoms with E-state index < -0.39 is 6.04 Å². The minimum atomic E-state index is -0.631. The zero-order chi connectivity index (χ0) is 28.7. The van der Waals surface area contributed by atoms with Crippen molar-refractivity contribution in [2.45, 2.75) is 112 Å². The van der Waals surface area contributed by atoms with E-state index in [-0.39, 0.29) is 29.7 Å². The molecule has 0 radical (unpaired) electrons. The Hall–Kier alpha value is -2.17. The fourth-order valence-electron chi connectivity index (χ4n) is 7.24. The van der Waals surface area contributed by atoms with Gasteiger partial charge in [0, 0.05) is 18.3 Å². The van der Waals surface area contributed by atoms with E-state index in [0.717, 1.165) is 37.7 Å². The van der Waals surface area contributed by atoms with Crippen LogP contribution in [0.3, 0.4) is 0 Å². The number of hydrogen-bond acceptors (Lipinski definition) is 3. The molecular weight excluding hydrogens is 484 g/mol. The molecule has 0 bridgehead atoms. The van der Waals surface area contributed by atoms with Crippen LogP contribution in [-0.2, 0) is 14.4 Å². The Bertz CT molecular complexity index is 943. The van der Waals surface area contributed by atoms with Crippen LogP contribution in [0.4, 0.5) is 0 Å². The van der Waals surface area contributed by atoms with Gasteiger partial charge in [0.2, 0.25) is 11.8 Å². The molecular formula is C34H54N2O3. The molecule has 0 aromatic heterocycles. The molecule has 2 N–H and O–H groups in total. The van der Waals surface area contributed by atoms with Gasteiger partial charge >= 0.3 is 0 Å². The third-order valence-corrected chi connectivity index (χ3v) is 9.74. The zero-order valence-electron chi connectivity index (χ0n) is 25.5. The number of amides is 2. The third-order valence-electron chi connectivity index (χ3n) is 9.74. The summed E-state index contributed by atoms with van der Waals surface area (Å²) in [5, 5.41) is 6.21. The van der Waals surface area contributed by atoms with Crippen LogP contribution in [0.2, 0.25) is 0 Å². The predicted molar refractivity (Wildman–Crippen MR) is 159 cm³/mol. The van der Waals surface area contributed by atoms with Crippen molar-refractivity contribution in [3.05, 3.63) is 35.9 Å². The Kier molecular flexibility index (Phi) is 11.6. The zero-order valence-corrected chi connectivity index (χ0v) is 25.5. The summed E-state index contributed by atoms with van der Waals surface area (Å²) in [4.78, 5) is 40.1. The number of carbonyl (C=O) groups is 3. The highest BCUT2D eigenvalue weighted by molar-refractivity contribution is 5.88. The molecule has 2 fully saturated rings. The van der Waals surface area contributed by atoms with Gasteiger partial charge in [-0.05, 0) is 80.1 Å². The molecule has 2 amide bonds. The van der Waals surface area contributed by atoms with Gasteiger partial charge in [0.05, 0.1) is 6.04 Å². The Morgan fingerprint density at radius 1 is 0.769 bits per heavy atom. The molecule has 1 aromatic rings. The topological polar surface area (TPSA) is 75.3 Å². The first kappa shape index (κ1) is 31.4. The van der Waals surface area contributed by atoms with Gasteiger partial charge in [-0.15, -0.1) is 0 Å². The molecule has 0 saturated heterocycles. The van der Waals surface area contributed by atoms with Crippen LogP contribution in [0.1, 0.15) is 111 Å². The van der Waals surface area contributed by atoms with Gasteiger partial charge in [-0.3, -0.25) is 14.4 Å². The number of nitrogens with one attached hydrogen (secondary N) is 2. The minimum Gasteiger partial charge on any atom is -0.348 e. The molecule has 2 aliphatic carbocycles. The summed E-state index contributed by atoms with van der Waals surface area (Å²) >= 11 is 0. The van der Waals surface area contributed by atoms with Crippen molar-refractivity contribution < 1.29 is 14.4 Å². The fraction of sp³-hybridized carbons (Fsp3) is 0.735. The van der Waals surface area contributed by atoms with Crippen molar-refractivity contribution >= 4 is 17.6 Å². The summed E-state index contributed by atoms with van der Waals surface area (Å²) in [5.41, 5.74) is 0.996. The van der Waals surface area contributed by atoms with Crippen molar-refractivity contribution in [1.82, 2.24) is 10.6 Å². The van der Waals surface area contributed by atoms with E-state index in [0.29, 0.717) is 54.1 Å². The number of ketones is 1. The van der Waals surface area contributed by atoms with Gasteiger partial charge < -0.3 is 10.6 Å². The maximum Gasteiger partial charge on any atom is 0.242 e. The molecule has 1 aromatic carbocycles. The highest BCUT2D eigenvalue weighted by atomic mass is 16.2. The monoisotopic (exact) mass is 538 g/mol. The maximum absolute atomic E-state index is 13.5. The lowest BCUT2D eigenvalue weighted by Gasteiger charge is -2.37. The lowest BCUT2D eigenvalue weighted by atomic mass is 9.68. The van der Waals surface area contributed by atoms with Crippen LogP contribution >= 0.6 is 0 Å². The van der Waals surface area contributed by atoms with Crippen molar-refractivity contribution in [3.63, 3.8) is 0 Å². The van der Waals surface area contributed by atoms with Crippen molar-refractivity contribution in [3.8, 4) is 0 Å². The Morgan fingerprint density at radius 3 is 1.87 bits per heavy atom. The van der Waals surface area contributed by atoms with Crippen molar-refractivity contribution in [1.29, 1.82) is 0 Å².